The topological polar surface area (TPSA) is 29.9 Å². The van der Waals surface area contributed by atoms with Gasteiger partial charge >= 0.3 is 0 Å². The monoisotopic (exact) mass is 243 g/mol. The molecule has 3 heteroatoms. The van der Waals surface area contributed by atoms with E-state index < -0.39 is 0 Å². The minimum absolute atomic E-state index is 0.338. The van der Waals surface area contributed by atoms with Gasteiger partial charge < -0.3 is 9.88 Å². The van der Waals surface area contributed by atoms with Gasteiger partial charge in [0.1, 0.15) is 0 Å². The highest BCUT2D eigenvalue weighted by Crippen LogP contribution is 2.20. The lowest BCUT2D eigenvalue weighted by molar-refractivity contribution is 0.473. The molecule has 0 saturated carbocycles. The van der Waals surface area contributed by atoms with E-state index in [9.17, 15) is 0 Å². The summed E-state index contributed by atoms with van der Waals surface area (Å²) in [5.74, 6) is 0. The molecule has 0 aliphatic carbocycles. The number of imidazole rings is 1. The van der Waals surface area contributed by atoms with E-state index in [0.717, 1.165) is 13.1 Å². The van der Waals surface area contributed by atoms with Gasteiger partial charge in [-0.25, -0.2) is 4.98 Å². The van der Waals surface area contributed by atoms with Crippen LogP contribution in [-0.4, -0.2) is 16.1 Å². The predicted molar refractivity (Wildman–Crippen MR) is 74.6 cm³/mol. The van der Waals surface area contributed by atoms with Crippen molar-refractivity contribution in [3.8, 4) is 0 Å². The molecule has 2 aromatic rings. The smallest absolute Gasteiger partial charge is 0.0946 e. The summed E-state index contributed by atoms with van der Waals surface area (Å²) in [6, 6.07) is 6.99. The fourth-order valence-electron chi connectivity index (χ4n) is 2.34. The maximum atomic E-state index is 4.10. The molecule has 18 heavy (non-hydrogen) atoms. The van der Waals surface area contributed by atoms with Gasteiger partial charge in [-0.1, -0.05) is 30.7 Å². The number of hydrogen-bond donors (Lipinski definition) is 1. The lowest BCUT2D eigenvalue weighted by Gasteiger charge is -2.21. The van der Waals surface area contributed by atoms with Gasteiger partial charge in [-0.15, -0.1) is 0 Å². The van der Waals surface area contributed by atoms with Gasteiger partial charge in [0, 0.05) is 18.9 Å². The van der Waals surface area contributed by atoms with E-state index in [1.54, 1.807) is 0 Å². The highest BCUT2D eigenvalue weighted by Gasteiger charge is 2.13. The third-order valence-electron chi connectivity index (χ3n) is 3.20. The molecule has 2 rings (SSSR count). The number of nitrogens with one attached hydrogen (secondary N) is 1. The number of rotatable bonds is 5. The maximum absolute atomic E-state index is 4.10. The van der Waals surface area contributed by atoms with Crippen molar-refractivity contribution in [3.63, 3.8) is 0 Å². The van der Waals surface area contributed by atoms with Crippen LogP contribution in [0.4, 0.5) is 0 Å². The van der Waals surface area contributed by atoms with Crippen molar-refractivity contribution in [2.24, 2.45) is 0 Å². The maximum Gasteiger partial charge on any atom is 0.0946 e. The molecule has 0 radical (unpaired) electrons. The molecule has 96 valence electrons. The second-order valence-corrected chi connectivity index (χ2v) is 4.73. The molecule has 0 spiro atoms. The van der Waals surface area contributed by atoms with Gasteiger partial charge in [0.25, 0.3) is 0 Å². The van der Waals surface area contributed by atoms with E-state index in [-0.39, 0.29) is 0 Å². The Morgan fingerprint density at radius 3 is 2.78 bits per heavy atom. The molecule has 0 aliphatic heterocycles. The van der Waals surface area contributed by atoms with Crippen LogP contribution < -0.4 is 5.32 Å². The molecule has 1 heterocycles. The van der Waals surface area contributed by atoms with E-state index in [0.29, 0.717) is 6.04 Å². The van der Waals surface area contributed by atoms with Crippen molar-refractivity contribution >= 4 is 0 Å². The molecule has 0 amide bonds. The third kappa shape index (κ3) is 2.99. The molecule has 3 nitrogen and oxygen atoms in total. The normalized spacial score (nSPS) is 12.6. The number of likely N-dealkylation sites (N-methyl/N-ethyl adjacent to an activating group) is 1. The van der Waals surface area contributed by atoms with Gasteiger partial charge in [0.05, 0.1) is 12.4 Å². The molecule has 1 aromatic heterocycles. The molecule has 1 unspecified atom stereocenters. The van der Waals surface area contributed by atoms with Crippen LogP contribution in [0.15, 0.2) is 36.9 Å². The fourth-order valence-corrected chi connectivity index (χ4v) is 2.34. The Hall–Kier alpha value is -1.61. The van der Waals surface area contributed by atoms with E-state index >= 15 is 0 Å². The summed E-state index contributed by atoms with van der Waals surface area (Å²) < 4.78 is 2.12. The summed E-state index contributed by atoms with van der Waals surface area (Å²) in [6.07, 6.45) is 5.70. The van der Waals surface area contributed by atoms with Crippen molar-refractivity contribution in [1.82, 2.24) is 14.9 Å². The van der Waals surface area contributed by atoms with Crippen LogP contribution in [0.3, 0.4) is 0 Å². The first-order valence-electron chi connectivity index (χ1n) is 6.47. The summed E-state index contributed by atoms with van der Waals surface area (Å²) >= 11 is 0. The van der Waals surface area contributed by atoms with Gasteiger partial charge in [0.15, 0.2) is 0 Å². The fraction of sp³-hybridized carbons (Fsp3) is 0.400. The van der Waals surface area contributed by atoms with Crippen LogP contribution in [0, 0.1) is 13.8 Å². The van der Waals surface area contributed by atoms with Crippen molar-refractivity contribution in [2.45, 2.75) is 33.4 Å². The van der Waals surface area contributed by atoms with E-state index in [1.807, 2.05) is 18.7 Å². The molecule has 1 atom stereocenters. The summed E-state index contributed by atoms with van der Waals surface area (Å²) in [4.78, 5) is 4.10. The number of benzene rings is 1. The zero-order valence-corrected chi connectivity index (χ0v) is 11.4. The van der Waals surface area contributed by atoms with Gasteiger partial charge in [-0.3, -0.25) is 0 Å². The number of aromatic nitrogens is 2. The number of aryl methyl sites for hydroxylation is 2. The lowest BCUT2D eigenvalue weighted by Crippen LogP contribution is -2.25. The number of hydrogen-bond acceptors (Lipinski definition) is 2. The van der Waals surface area contributed by atoms with Crippen LogP contribution in [0.2, 0.25) is 0 Å². The van der Waals surface area contributed by atoms with Crippen LogP contribution in [0.25, 0.3) is 0 Å². The quantitative estimate of drug-likeness (QED) is 0.875. The van der Waals surface area contributed by atoms with Crippen LogP contribution in [0.1, 0.15) is 29.7 Å². The molecular weight excluding hydrogens is 222 g/mol. The molecule has 0 bridgehead atoms. The highest BCUT2D eigenvalue weighted by molar-refractivity contribution is 5.32. The Labute approximate surface area is 109 Å². The van der Waals surface area contributed by atoms with Crippen molar-refractivity contribution in [3.05, 3.63) is 53.6 Å². The largest absolute Gasteiger partial charge is 0.336 e. The Kier molecular flexibility index (Phi) is 4.15. The average molecular weight is 243 g/mol. The Bertz CT molecular complexity index is 488. The van der Waals surface area contributed by atoms with Crippen molar-refractivity contribution < 1.29 is 0 Å². The molecule has 0 saturated heterocycles. The minimum atomic E-state index is 0.338. The minimum Gasteiger partial charge on any atom is -0.336 e. The molecule has 0 aliphatic rings. The van der Waals surface area contributed by atoms with Gasteiger partial charge in [0.2, 0.25) is 0 Å². The summed E-state index contributed by atoms with van der Waals surface area (Å²) in [6.45, 7) is 8.34. The molecule has 0 fully saturated rings. The first kappa shape index (κ1) is 12.8. The van der Waals surface area contributed by atoms with E-state index in [2.05, 4.69) is 53.8 Å². The summed E-state index contributed by atoms with van der Waals surface area (Å²) in [5, 5.41) is 3.55. The zero-order valence-electron chi connectivity index (χ0n) is 11.4. The van der Waals surface area contributed by atoms with Crippen LogP contribution in [-0.2, 0) is 6.54 Å². The van der Waals surface area contributed by atoms with Crippen LogP contribution in [0.5, 0.6) is 0 Å². The Balaban J connectivity index is 2.23. The summed E-state index contributed by atoms with van der Waals surface area (Å²) in [7, 11) is 0. The average Bonchev–Trinajstić information content (AvgIpc) is 2.81. The first-order valence-corrected chi connectivity index (χ1v) is 6.47. The molecule has 1 aromatic carbocycles. The number of nitrogens with zero attached hydrogens (tertiary/aromatic N) is 2. The van der Waals surface area contributed by atoms with Crippen LogP contribution >= 0.6 is 0 Å². The first-order chi connectivity index (χ1) is 8.70. The Morgan fingerprint density at radius 1 is 1.33 bits per heavy atom. The lowest BCUT2D eigenvalue weighted by atomic mass is 9.99. The Morgan fingerprint density at radius 2 is 2.17 bits per heavy atom. The van der Waals surface area contributed by atoms with Crippen molar-refractivity contribution in [2.75, 3.05) is 6.54 Å². The van der Waals surface area contributed by atoms with Gasteiger partial charge in [-0.05, 0) is 31.5 Å². The second-order valence-electron chi connectivity index (χ2n) is 4.73. The zero-order chi connectivity index (χ0) is 13.0. The highest BCUT2D eigenvalue weighted by atomic mass is 15.1. The SMILES string of the molecule is CCNC(Cn1ccnc1)c1ccc(C)cc1C. The third-order valence-corrected chi connectivity index (χ3v) is 3.20. The van der Waals surface area contributed by atoms with Crippen molar-refractivity contribution in [1.29, 1.82) is 0 Å². The predicted octanol–water partition coefficient (Wildman–Crippen LogP) is 2.85. The van der Waals surface area contributed by atoms with Gasteiger partial charge in [-0.2, -0.15) is 0 Å². The summed E-state index contributed by atoms with van der Waals surface area (Å²) in [5.41, 5.74) is 4.03. The van der Waals surface area contributed by atoms with E-state index in [4.69, 9.17) is 0 Å². The standard InChI is InChI=1S/C15H21N3/c1-4-17-15(10-18-8-7-16-11-18)14-6-5-12(2)9-13(14)3/h5-9,11,15,17H,4,10H2,1-3H3. The second kappa shape index (κ2) is 5.83. The van der Waals surface area contributed by atoms with E-state index in [1.165, 1.54) is 16.7 Å². The molecule has 1 N–H and O–H groups in total. The molecular formula is C15H21N3.